The summed E-state index contributed by atoms with van der Waals surface area (Å²) in [5.74, 6) is -1.27. The smallest absolute Gasteiger partial charge is 0.253 e. The Morgan fingerprint density at radius 1 is 1.08 bits per heavy atom. The molecule has 0 spiro atoms. The number of aromatic nitrogens is 1. The van der Waals surface area contributed by atoms with Crippen LogP contribution >= 0.6 is 11.3 Å². The summed E-state index contributed by atoms with van der Waals surface area (Å²) in [5.41, 5.74) is 9.17. The topological polar surface area (TPSA) is 88.2 Å². The SMILES string of the molecule is Cc1ccc(S(=O)(=O)CC(=O)NNc2nc3c(C)c(C)ccc3s2)cc1. The van der Waals surface area contributed by atoms with Crippen LogP contribution in [0, 0.1) is 20.8 Å². The number of rotatable bonds is 5. The van der Waals surface area contributed by atoms with Crippen molar-refractivity contribution in [3.63, 3.8) is 0 Å². The Hall–Kier alpha value is -2.45. The number of nitrogens with zero attached hydrogens (tertiary/aromatic N) is 1. The second-order valence-electron chi connectivity index (χ2n) is 6.12. The van der Waals surface area contributed by atoms with E-state index in [0.29, 0.717) is 5.13 Å². The van der Waals surface area contributed by atoms with Crippen LogP contribution in [0.4, 0.5) is 5.13 Å². The molecule has 0 radical (unpaired) electrons. The fourth-order valence-electron chi connectivity index (χ4n) is 2.44. The number of hydrazine groups is 1. The Kier molecular flexibility index (Phi) is 4.97. The molecule has 1 aromatic heterocycles. The van der Waals surface area contributed by atoms with Gasteiger partial charge in [0.2, 0.25) is 5.13 Å². The number of hydrogen-bond acceptors (Lipinski definition) is 6. The molecule has 2 N–H and O–H groups in total. The summed E-state index contributed by atoms with van der Waals surface area (Å²) in [6.45, 7) is 5.88. The predicted octanol–water partition coefficient (Wildman–Crippen LogP) is 3.14. The molecule has 0 saturated carbocycles. The lowest BCUT2D eigenvalue weighted by atomic mass is 10.1. The summed E-state index contributed by atoms with van der Waals surface area (Å²) in [6.07, 6.45) is 0. The van der Waals surface area contributed by atoms with Crippen molar-refractivity contribution in [2.45, 2.75) is 25.7 Å². The zero-order valence-corrected chi connectivity index (χ0v) is 16.3. The monoisotopic (exact) mass is 389 g/mol. The van der Waals surface area contributed by atoms with Gasteiger partial charge in [0.25, 0.3) is 5.91 Å². The molecule has 8 heteroatoms. The quantitative estimate of drug-likeness (QED) is 0.655. The van der Waals surface area contributed by atoms with Gasteiger partial charge >= 0.3 is 0 Å². The van der Waals surface area contributed by atoms with Crippen molar-refractivity contribution in [1.82, 2.24) is 10.4 Å². The molecule has 6 nitrogen and oxygen atoms in total. The normalized spacial score (nSPS) is 11.5. The van der Waals surface area contributed by atoms with Gasteiger partial charge in [-0.25, -0.2) is 13.4 Å². The third-order valence-corrected chi connectivity index (χ3v) is 6.66. The van der Waals surface area contributed by atoms with Gasteiger partial charge in [-0.15, -0.1) is 0 Å². The number of aryl methyl sites for hydroxylation is 3. The predicted molar refractivity (Wildman–Crippen MR) is 104 cm³/mol. The van der Waals surface area contributed by atoms with Gasteiger partial charge in [0.1, 0.15) is 5.75 Å². The van der Waals surface area contributed by atoms with Gasteiger partial charge in [0.05, 0.1) is 15.1 Å². The first-order chi connectivity index (χ1) is 12.3. The first-order valence-electron chi connectivity index (χ1n) is 7.97. The van der Waals surface area contributed by atoms with Crippen LogP contribution in [0.25, 0.3) is 10.2 Å². The van der Waals surface area contributed by atoms with Gasteiger partial charge in [0.15, 0.2) is 9.84 Å². The average Bonchev–Trinajstić information content (AvgIpc) is 3.00. The second kappa shape index (κ2) is 7.05. The minimum Gasteiger partial charge on any atom is -0.273 e. The van der Waals surface area contributed by atoms with Crippen LogP contribution in [0.15, 0.2) is 41.3 Å². The second-order valence-corrected chi connectivity index (χ2v) is 9.14. The molecule has 0 aliphatic rings. The Balaban J connectivity index is 1.67. The molecule has 2 aromatic carbocycles. The van der Waals surface area contributed by atoms with Crippen LogP contribution < -0.4 is 10.9 Å². The van der Waals surface area contributed by atoms with E-state index in [1.807, 2.05) is 32.9 Å². The number of carbonyl (C=O) groups is 1. The molecular weight excluding hydrogens is 370 g/mol. The zero-order chi connectivity index (χ0) is 18.9. The fourth-order valence-corrected chi connectivity index (χ4v) is 4.45. The summed E-state index contributed by atoms with van der Waals surface area (Å²) in [5, 5.41) is 0.509. The van der Waals surface area contributed by atoms with E-state index < -0.39 is 21.5 Å². The molecule has 0 aliphatic heterocycles. The van der Waals surface area contributed by atoms with E-state index in [2.05, 4.69) is 15.8 Å². The van der Waals surface area contributed by atoms with Crippen molar-refractivity contribution in [1.29, 1.82) is 0 Å². The molecule has 0 atom stereocenters. The number of anilines is 1. The highest BCUT2D eigenvalue weighted by atomic mass is 32.2. The van der Waals surface area contributed by atoms with Gasteiger partial charge in [-0.1, -0.05) is 35.1 Å². The van der Waals surface area contributed by atoms with Crippen LogP contribution in [-0.2, 0) is 14.6 Å². The molecule has 136 valence electrons. The lowest BCUT2D eigenvalue weighted by Gasteiger charge is -2.07. The molecule has 0 fully saturated rings. The summed E-state index contributed by atoms with van der Waals surface area (Å²) in [6, 6.07) is 10.4. The van der Waals surface area contributed by atoms with Crippen molar-refractivity contribution in [3.05, 3.63) is 53.1 Å². The maximum Gasteiger partial charge on any atom is 0.253 e. The highest BCUT2D eigenvalue weighted by Gasteiger charge is 2.19. The third kappa shape index (κ3) is 3.86. The molecule has 3 rings (SSSR count). The number of amides is 1. The average molecular weight is 390 g/mol. The minimum atomic E-state index is -3.69. The first kappa shape index (κ1) is 18.3. The number of thiazole rings is 1. The van der Waals surface area contributed by atoms with Crippen molar-refractivity contribution < 1.29 is 13.2 Å². The molecule has 1 amide bonds. The molecule has 1 heterocycles. The van der Waals surface area contributed by atoms with Crippen LogP contribution in [0.1, 0.15) is 16.7 Å². The van der Waals surface area contributed by atoms with E-state index in [0.717, 1.165) is 26.9 Å². The highest BCUT2D eigenvalue weighted by Crippen LogP contribution is 2.29. The number of hydrogen-bond donors (Lipinski definition) is 2. The van der Waals surface area contributed by atoms with Crippen LogP contribution in [0.5, 0.6) is 0 Å². The van der Waals surface area contributed by atoms with Crippen molar-refractivity contribution >= 4 is 42.4 Å². The van der Waals surface area contributed by atoms with Gasteiger partial charge < -0.3 is 0 Å². The standard InChI is InChI=1S/C18H19N3O3S2/c1-11-4-7-14(8-5-11)26(23,24)10-16(22)20-21-18-19-17-13(3)12(2)6-9-15(17)25-18/h4-9H,10H2,1-3H3,(H,19,21)(H,20,22). The molecular formula is C18H19N3O3S2. The van der Waals surface area contributed by atoms with Crippen molar-refractivity contribution in [2.75, 3.05) is 11.2 Å². The lowest BCUT2D eigenvalue weighted by Crippen LogP contribution is -2.34. The van der Waals surface area contributed by atoms with E-state index in [9.17, 15) is 13.2 Å². The molecule has 0 aliphatic carbocycles. The van der Waals surface area contributed by atoms with Gasteiger partial charge in [-0.05, 0) is 50.1 Å². The van der Waals surface area contributed by atoms with Gasteiger partial charge in [0, 0.05) is 0 Å². The summed E-state index contributed by atoms with van der Waals surface area (Å²) in [7, 11) is -3.69. The van der Waals surface area contributed by atoms with E-state index >= 15 is 0 Å². The van der Waals surface area contributed by atoms with E-state index in [4.69, 9.17) is 0 Å². The largest absolute Gasteiger partial charge is 0.273 e. The Morgan fingerprint density at radius 3 is 2.46 bits per heavy atom. The third-order valence-electron chi connectivity index (χ3n) is 4.09. The molecule has 0 saturated heterocycles. The maximum absolute atomic E-state index is 12.3. The molecule has 3 aromatic rings. The molecule has 26 heavy (non-hydrogen) atoms. The summed E-state index contributed by atoms with van der Waals surface area (Å²) in [4.78, 5) is 16.6. The first-order valence-corrected chi connectivity index (χ1v) is 10.4. The summed E-state index contributed by atoms with van der Waals surface area (Å²) >= 11 is 1.39. The van der Waals surface area contributed by atoms with Gasteiger partial charge in [-0.2, -0.15) is 0 Å². The number of sulfone groups is 1. The summed E-state index contributed by atoms with van der Waals surface area (Å²) < 4.78 is 25.6. The Labute approximate surface area is 156 Å². The molecule has 0 bridgehead atoms. The Bertz CT molecular complexity index is 1070. The Morgan fingerprint density at radius 2 is 1.77 bits per heavy atom. The van der Waals surface area contributed by atoms with E-state index in [1.165, 1.54) is 23.5 Å². The highest BCUT2D eigenvalue weighted by molar-refractivity contribution is 7.92. The zero-order valence-electron chi connectivity index (χ0n) is 14.7. The number of benzene rings is 2. The van der Waals surface area contributed by atoms with Crippen LogP contribution in [0.2, 0.25) is 0 Å². The van der Waals surface area contributed by atoms with Crippen LogP contribution in [-0.4, -0.2) is 25.1 Å². The molecule has 0 unspecified atom stereocenters. The van der Waals surface area contributed by atoms with Gasteiger partial charge in [-0.3, -0.25) is 15.6 Å². The number of carbonyl (C=O) groups excluding carboxylic acids is 1. The maximum atomic E-state index is 12.3. The number of nitrogens with one attached hydrogen (secondary N) is 2. The van der Waals surface area contributed by atoms with Crippen molar-refractivity contribution in [3.8, 4) is 0 Å². The minimum absolute atomic E-state index is 0.129. The number of fused-ring (bicyclic) bond motifs is 1. The lowest BCUT2D eigenvalue weighted by molar-refractivity contribution is -0.118. The van der Waals surface area contributed by atoms with Crippen molar-refractivity contribution in [2.24, 2.45) is 0 Å². The fraction of sp³-hybridized carbons (Fsp3) is 0.222. The van der Waals surface area contributed by atoms with E-state index in [1.54, 1.807) is 12.1 Å². The van der Waals surface area contributed by atoms with E-state index in [-0.39, 0.29) is 4.90 Å². The van der Waals surface area contributed by atoms with Crippen LogP contribution in [0.3, 0.4) is 0 Å².